The summed E-state index contributed by atoms with van der Waals surface area (Å²) >= 11 is 5.13. The summed E-state index contributed by atoms with van der Waals surface area (Å²) in [7, 11) is 0. The third-order valence-electron chi connectivity index (χ3n) is 2.78. The van der Waals surface area contributed by atoms with Gasteiger partial charge in [0.2, 0.25) is 0 Å². The Morgan fingerprint density at radius 3 is 2.83 bits per heavy atom. The predicted octanol–water partition coefficient (Wildman–Crippen LogP) is 1.01. The van der Waals surface area contributed by atoms with Crippen LogP contribution in [0.4, 0.5) is 0 Å². The zero-order valence-corrected chi connectivity index (χ0v) is 10.8. The standard InChI is InChI=1S/C13H16N2O2S/c16-12-11(7-9-17-12)15-13(18)14-8-6-10-4-2-1-3-5-10/h1-5,11H,6-9H2,(H2,14,15,18)/t11-/m0/s1. The van der Waals surface area contributed by atoms with Gasteiger partial charge in [0, 0.05) is 13.0 Å². The number of hydrogen-bond acceptors (Lipinski definition) is 3. The molecule has 2 rings (SSSR count). The van der Waals surface area contributed by atoms with E-state index in [1.54, 1.807) is 0 Å². The highest BCUT2D eigenvalue weighted by molar-refractivity contribution is 7.80. The van der Waals surface area contributed by atoms with Crippen LogP contribution < -0.4 is 10.6 Å². The number of esters is 1. The molecule has 1 aliphatic heterocycles. The second-order valence-corrected chi connectivity index (χ2v) is 4.55. The zero-order chi connectivity index (χ0) is 12.8. The summed E-state index contributed by atoms with van der Waals surface area (Å²) in [6.45, 7) is 1.22. The molecule has 1 saturated heterocycles. The minimum Gasteiger partial charge on any atom is -0.464 e. The summed E-state index contributed by atoms with van der Waals surface area (Å²) in [6.07, 6.45) is 1.58. The molecule has 0 unspecified atom stereocenters. The molecule has 0 bridgehead atoms. The molecule has 1 aromatic carbocycles. The first-order valence-electron chi connectivity index (χ1n) is 6.00. The van der Waals surface area contributed by atoms with Crippen molar-refractivity contribution in [2.45, 2.75) is 18.9 Å². The number of ether oxygens (including phenoxy) is 1. The summed E-state index contributed by atoms with van der Waals surface area (Å²) in [5.41, 5.74) is 1.26. The van der Waals surface area contributed by atoms with E-state index in [2.05, 4.69) is 22.8 Å². The molecule has 4 nitrogen and oxygen atoms in total. The van der Waals surface area contributed by atoms with Gasteiger partial charge in [-0.2, -0.15) is 0 Å². The van der Waals surface area contributed by atoms with Gasteiger partial charge >= 0.3 is 5.97 Å². The summed E-state index contributed by atoms with van der Waals surface area (Å²) in [6, 6.07) is 9.89. The summed E-state index contributed by atoms with van der Waals surface area (Å²) in [4.78, 5) is 11.2. The topological polar surface area (TPSA) is 50.4 Å². The molecule has 96 valence electrons. The molecule has 0 spiro atoms. The first-order chi connectivity index (χ1) is 8.75. The predicted molar refractivity (Wildman–Crippen MR) is 73.2 cm³/mol. The van der Waals surface area contributed by atoms with Gasteiger partial charge in [0.1, 0.15) is 6.04 Å². The summed E-state index contributed by atoms with van der Waals surface area (Å²) in [5.74, 6) is -0.220. The highest BCUT2D eigenvalue weighted by Crippen LogP contribution is 2.05. The van der Waals surface area contributed by atoms with Gasteiger partial charge in [0.15, 0.2) is 5.11 Å². The van der Waals surface area contributed by atoms with Crippen LogP contribution in [0.5, 0.6) is 0 Å². The van der Waals surface area contributed by atoms with Crippen LogP contribution >= 0.6 is 12.2 Å². The number of benzene rings is 1. The van der Waals surface area contributed by atoms with Gasteiger partial charge in [-0.1, -0.05) is 30.3 Å². The molecule has 1 aliphatic rings. The van der Waals surface area contributed by atoms with E-state index in [-0.39, 0.29) is 12.0 Å². The van der Waals surface area contributed by atoms with Crippen molar-refractivity contribution in [1.82, 2.24) is 10.6 Å². The monoisotopic (exact) mass is 264 g/mol. The molecule has 0 amide bonds. The van der Waals surface area contributed by atoms with Crippen LogP contribution in [0.3, 0.4) is 0 Å². The number of hydrogen-bond donors (Lipinski definition) is 2. The number of cyclic esters (lactones) is 1. The van der Waals surface area contributed by atoms with E-state index in [0.29, 0.717) is 18.1 Å². The van der Waals surface area contributed by atoms with Crippen molar-refractivity contribution in [1.29, 1.82) is 0 Å². The Kier molecular flexibility index (Phi) is 4.52. The maximum atomic E-state index is 11.2. The van der Waals surface area contributed by atoms with Crippen molar-refractivity contribution in [2.24, 2.45) is 0 Å². The largest absolute Gasteiger partial charge is 0.464 e. The second-order valence-electron chi connectivity index (χ2n) is 4.14. The Balaban J connectivity index is 1.67. The van der Waals surface area contributed by atoms with Crippen LogP contribution in [0.25, 0.3) is 0 Å². The van der Waals surface area contributed by atoms with Gasteiger partial charge in [0.25, 0.3) is 0 Å². The fourth-order valence-electron chi connectivity index (χ4n) is 1.80. The number of carbonyl (C=O) groups excluding carboxylic acids is 1. The third-order valence-corrected chi connectivity index (χ3v) is 3.04. The Bertz CT molecular complexity index is 422. The van der Waals surface area contributed by atoms with Gasteiger partial charge in [-0.15, -0.1) is 0 Å². The molecule has 2 N–H and O–H groups in total. The number of rotatable bonds is 4. The smallest absolute Gasteiger partial charge is 0.328 e. The highest BCUT2D eigenvalue weighted by atomic mass is 32.1. The van der Waals surface area contributed by atoms with E-state index in [0.717, 1.165) is 13.0 Å². The lowest BCUT2D eigenvalue weighted by molar-refractivity contribution is -0.139. The molecular formula is C13H16N2O2S. The quantitative estimate of drug-likeness (QED) is 0.628. The average Bonchev–Trinajstić information content (AvgIpc) is 2.76. The first-order valence-corrected chi connectivity index (χ1v) is 6.41. The van der Waals surface area contributed by atoms with Crippen LogP contribution in [-0.2, 0) is 16.0 Å². The van der Waals surface area contributed by atoms with Gasteiger partial charge in [-0.25, -0.2) is 4.79 Å². The van der Waals surface area contributed by atoms with E-state index < -0.39 is 0 Å². The van der Waals surface area contributed by atoms with Gasteiger partial charge < -0.3 is 15.4 Å². The fraction of sp³-hybridized carbons (Fsp3) is 0.385. The lowest BCUT2D eigenvalue weighted by Crippen LogP contribution is -2.44. The number of carbonyl (C=O) groups is 1. The van der Waals surface area contributed by atoms with Crippen molar-refractivity contribution in [2.75, 3.05) is 13.2 Å². The van der Waals surface area contributed by atoms with Crippen LogP contribution in [0.15, 0.2) is 30.3 Å². The van der Waals surface area contributed by atoms with Crippen LogP contribution in [0.1, 0.15) is 12.0 Å². The maximum Gasteiger partial charge on any atom is 0.328 e. The molecule has 1 heterocycles. The summed E-state index contributed by atoms with van der Waals surface area (Å²) in [5, 5.41) is 6.56. The zero-order valence-electron chi connectivity index (χ0n) is 10.0. The van der Waals surface area contributed by atoms with E-state index in [1.165, 1.54) is 5.56 Å². The molecule has 0 radical (unpaired) electrons. The summed E-state index contributed by atoms with van der Waals surface area (Å²) < 4.78 is 4.85. The Hall–Kier alpha value is -1.62. The van der Waals surface area contributed by atoms with Crippen LogP contribution in [0, 0.1) is 0 Å². The molecule has 0 aromatic heterocycles. The number of nitrogens with one attached hydrogen (secondary N) is 2. The minimum absolute atomic E-state index is 0.220. The minimum atomic E-state index is -0.290. The molecule has 5 heteroatoms. The Morgan fingerprint density at radius 1 is 1.39 bits per heavy atom. The fourth-order valence-corrected chi connectivity index (χ4v) is 2.05. The average molecular weight is 264 g/mol. The van der Waals surface area contributed by atoms with E-state index in [9.17, 15) is 4.79 Å². The van der Waals surface area contributed by atoms with Crippen molar-refractivity contribution >= 4 is 23.3 Å². The van der Waals surface area contributed by atoms with Crippen LogP contribution in [0.2, 0.25) is 0 Å². The third kappa shape index (κ3) is 3.70. The van der Waals surface area contributed by atoms with Gasteiger partial charge in [0.05, 0.1) is 6.61 Å². The molecule has 0 saturated carbocycles. The molecule has 1 aromatic rings. The molecule has 0 aliphatic carbocycles. The van der Waals surface area contributed by atoms with Crippen molar-refractivity contribution in [3.8, 4) is 0 Å². The van der Waals surface area contributed by atoms with Gasteiger partial charge in [-0.3, -0.25) is 0 Å². The lowest BCUT2D eigenvalue weighted by atomic mass is 10.1. The normalized spacial score (nSPS) is 18.2. The molecule has 18 heavy (non-hydrogen) atoms. The molecular weight excluding hydrogens is 248 g/mol. The molecule has 1 atom stereocenters. The SMILES string of the molecule is O=C1OCC[C@@H]1NC(=S)NCCc1ccccc1. The van der Waals surface area contributed by atoms with E-state index >= 15 is 0 Å². The van der Waals surface area contributed by atoms with Crippen molar-refractivity contribution < 1.29 is 9.53 Å². The van der Waals surface area contributed by atoms with Gasteiger partial charge in [-0.05, 0) is 24.2 Å². The molecule has 1 fully saturated rings. The first kappa shape index (κ1) is 12.8. The number of thiocarbonyl (C=S) groups is 1. The maximum absolute atomic E-state index is 11.2. The van der Waals surface area contributed by atoms with E-state index in [1.807, 2.05) is 18.2 Å². The lowest BCUT2D eigenvalue weighted by Gasteiger charge is -2.13. The van der Waals surface area contributed by atoms with Crippen molar-refractivity contribution in [3.05, 3.63) is 35.9 Å². The van der Waals surface area contributed by atoms with Crippen LogP contribution in [-0.4, -0.2) is 30.3 Å². The highest BCUT2D eigenvalue weighted by Gasteiger charge is 2.26. The Labute approximate surface area is 112 Å². The Morgan fingerprint density at radius 2 is 2.17 bits per heavy atom. The second kappa shape index (κ2) is 6.35. The van der Waals surface area contributed by atoms with Crippen molar-refractivity contribution in [3.63, 3.8) is 0 Å². The van der Waals surface area contributed by atoms with E-state index in [4.69, 9.17) is 17.0 Å².